The molecular weight excluding hydrogens is 418 g/mol. The molecule has 1 aliphatic rings. The van der Waals surface area contributed by atoms with Crippen molar-refractivity contribution in [2.75, 3.05) is 7.11 Å². The van der Waals surface area contributed by atoms with E-state index < -0.39 is 0 Å². The standard InChI is InChI=1S/C26H25N3O2S/c1-31-22-11-7-19(8-12-22)25(18-5-6-18)28-26(30)20-9-13-23(14-10-20)32-17-21-16-29-15-3-2-4-24(29)27-21/h2-4,7-16,18,25H,5-6,17H2,1H3,(H,28,30). The van der Waals surface area contributed by atoms with Gasteiger partial charge in [0.25, 0.3) is 5.91 Å². The number of carbonyl (C=O) groups excluding carboxylic acids is 1. The highest BCUT2D eigenvalue weighted by Crippen LogP contribution is 2.41. The van der Waals surface area contributed by atoms with Crippen molar-refractivity contribution < 1.29 is 9.53 Å². The zero-order valence-electron chi connectivity index (χ0n) is 17.9. The molecule has 162 valence electrons. The molecule has 1 atom stereocenters. The highest BCUT2D eigenvalue weighted by Gasteiger charge is 2.33. The fourth-order valence-corrected chi connectivity index (χ4v) is 4.64. The Morgan fingerprint density at radius 1 is 1.12 bits per heavy atom. The van der Waals surface area contributed by atoms with E-state index in [-0.39, 0.29) is 11.9 Å². The summed E-state index contributed by atoms with van der Waals surface area (Å²) in [6.45, 7) is 0. The van der Waals surface area contributed by atoms with E-state index in [1.165, 1.54) is 0 Å². The lowest BCUT2D eigenvalue weighted by Crippen LogP contribution is -2.29. The molecule has 1 fully saturated rings. The van der Waals surface area contributed by atoms with Crippen molar-refractivity contribution in [3.63, 3.8) is 0 Å². The Bertz CT molecular complexity index is 1180. The van der Waals surface area contributed by atoms with E-state index in [1.807, 2.05) is 77.3 Å². The number of ether oxygens (including phenoxy) is 1. The first-order valence-electron chi connectivity index (χ1n) is 10.8. The number of hydrogen-bond acceptors (Lipinski definition) is 4. The van der Waals surface area contributed by atoms with Crippen molar-refractivity contribution in [3.8, 4) is 5.75 Å². The molecule has 32 heavy (non-hydrogen) atoms. The molecule has 1 amide bonds. The maximum Gasteiger partial charge on any atom is 0.251 e. The van der Waals surface area contributed by atoms with Crippen LogP contribution in [0.1, 0.15) is 40.5 Å². The number of carbonyl (C=O) groups is 1. The third-order valence-electron chi connectivity index (χ3n) is 5.77. The molecule has 1 aliphatic carbocycles. The van der Waals surface area contributed by atoms with Crippen LogP contribution in [-0.2, 0) is 5.75 Å². The molecule has 4 aromatic rings. The van der Waals surface area contributed by atoms with Gasteiger partial charge in [0.2, 0.25) is 0 Å². The summed E-state index contributed by atoms with van der Waals surface area (Å²) in [5, 5.41) is 3.24. The number of imidazole rings is 1. The number of hydrogen-bond donors (Lipinski definition) is 1. The van der Waals surface area contributed by atoms with Gasteiger partial charge < -0.3 is 14.5 Å². The minimum absolute atomic E-state index is 0.0328. The van der Waals surface area contributed by atoms with Crippen LogP contribution in [0.2, 0.25) is 0 Å². The van der Waals surface area contributed by atoms with Gasteiger partial charge in [0.1, 0.15) is 11.4 Å². The highest BCUT2D eigenvalue weighted by atomic mass is 32.2. The summed E-state index contributed by atoms with van der Waals surface area (Å²) < 4.78 is 7.29. The second-order valence-electron chi connectivity index (χ2n) is 8.07. The van der Waals surface area contributed by atoms with Crippen molar-refractivity contribution in [2.24, 2.45) is 5.92 Å². The van der Waals surface area contributed by atoms with Crippen LogP contribution in [0.25, 0.3) is 5.65 Å². The summed E-state index contributed by atoms with van der Waals surface area (Å²) in [6, 6.07) is 21.8. The molecule has 1 N–H and O–H groups in total. The Morgan fingerprint density at radius 3 is 2.59 bits per heavy atom. The summed E-state index contributed by atoms with van der Waals surface area (Å²) in [6.07, 6.45) is 6.36. The van der Waals surface area contributed by atoms with Crippen molar-refractivity contribution in [1.82, 2.24) is 14.7 Å². The lowest BCUT2D eigenvalue weighted by Gasteiger charge is -2.19. The number of benzene rings is 2. The third-order valence-corrected chi connectivity index (χ3v) is 6.82. The summed E-state index contributed by atoms with van der Waals surface area (Å²) in [5.74, 6) is 2.09. The van der Waals surface area contributed by atoms with Gasteiger partial charge in [-0.15, -0.1) is 11.8 Å². The highest BCUT2D eigenvalue weighted by molar-refractivity contribution is 7.98. The van der Waals surface area contributed by atoms with Crippen molar-refractivity contribution in [3.05, 3.63) is 95.9 Å². The SMILES string of the molecule is COc1ccc(C(NC(=O)c2ccc(SCc3cn4ccccc4n3)cc2)C2CC2)cc1. The lowest BCUT2D eigenvalue weighted by molar-refractivity contribution is 0.0931. The van der Waals surface area contributed by atoms with E-state index in [0.717, 1.165) is 46.1 Å². The number of nitrogens with zero attached hydrogens (tertiary/aromatic N) is 2. The van der Waals surface area contributed by atoms with E-state index in [9.17, 15) is 4.79 Å². The molecule has 5 rings (SSSR count). The number of amides is 1. The first-order chi connectivity index (χ1) is 15.7. The first-order valence-corrected chi connectivity index (χ1v) is 11.8. The van der Waals surface area contributed by atoms with E-state index in [1.54, 1.807) is 18.9 Å². The molecule has 1 saturated carbocycles. The maximum absolute atomic E-state index is 12.9. The fourth-order valence-electron chi connectivity index (χ4n) is 3.86. The van der Waals surface area contributed by atoms with Crippen molar-refractivity contribution in [1.29, 1.82) is 0 Å². The molecule has 2 aromatic carbocycles. The molecule has 5 nitrogen and oxygen atoms in total. The first kappa shape index (κ1) is 20.6. The predicted molar refractivity (Wildman–Crippen MR) is 127 cm³/mol. The van der Waals surface area contributed by atoms with Gasteiger partial charge in [0.15, 0.2) is 0 Å². The lowest BCUT2D eigenvalue weighted by atomic mass is 10.0. The molecule has 0 bridgehead atoms. The zero-order valence-corrected chi connectivity index (χ0v) is 18.7. The van der Waals surface area contributed by atoms with Gasteiger partial charge in [-0.1, -0.05) is 18.2 Å². The Kier molecular flexibility index (Phi) is 5.86. The number of methoxy groups -OCH3 is 1. The molecule has 0 saturated heterocycles. The average Bonchev–Trinajstić information content (AvgIpc) is 3.59. The number of rotatable bonds is 8. The van der Waals surface area contributed by atoms with Gasteiger partial charge in [0.05, 0.1) is 18.8 Å². The van der Waals surface area contributed by atoms with Gasteiger partial charge in [-0.25, -0.2) is 4.98 Å². The normalized spacial score (nSPS) is 14.3. The quantitative estimate of drug-likeness (QED) is 0.365. The van der Waals surface area contributed by atoms with Crippen LogP contribution in [0.4, 0.5) is 0 Å². The van der Waals surface area contributed by atoms with Crippen molar-refractivity contribution in [2.45, 2.75) is 29.5 Å². The topological polar surface area (TPSA) is 55.6 Å². The minimum Gasteiger partial charge on any atom is -0.497 e. The largest absolute Gasteiger partial charge is 0.497 e. The molecule has 0 aliphatic heterocycles. The Morgan fingerprint density at radius 2 is 1.91 bits per heavy atom. The van der Waals surface area contributed by atoms with Crippen LogP contribution in [0.15, 0.2) is 84.0 Å². The predicted octanol–water partition coefficient (Wildman–Crippen LogP) is 5.52. The van der Waals surface area contributed by atoms with Gasteiger partial charge in [-0.3, -0.25) is 4.79 Å². The van der Waals surface area contributed by atoms with E-state index in [2.05, 4.69) is 16.5 Å². The smallest absolute Gasteiger partial charge is 0.251 e. The fraction of sp³-hybridized carbons (Fsp3) is 0.231. The van der Waals surface area contributed by atoms with E-state index in [0.29, 0.717) is 11.5 Å². The number of thioether (sulfide) groups is 1. The molecular formula is C26H25N3O2S. The van der Waals surface area contributed by atoms with Crippen LogP contribution in [0.3, 0.4) is 0 Å². The monoisotopic (exact) mass is 443 g/mol. The molecule has 0 radical (unpaired) electrons. The molecule has 2 heterocycles. The molecule has 2 aromatic heterocycles. The van der Waals surface area contributed by atoms with Gasteiger partial charge in [-0.2, -0.15) is 0 Å². The van der Waals surface area contributed by atoms with Crippen LogP contribution in [-0.4, -0.2) is 22.4 Å². The maximum atomic E-state index is 12.9. The zero-order chi connectivity index (χ0) is 21.9. The number of nitrogens with one attached hydrogen (secondary N) is 1. The van der Waals surface area contributed by atoms with Crippen molar-refractivity contribution >= 4 is 23.3 Å². The number of fused-ring (bicyclic) bond motifs is 1. The number of aromatic nitrogens is 2. The summed E-state index contributed by atoms with van der Waals surface area (Å²) in [5.41, 5.74) is 3.80. The second kappa shape index (κ2) is 9.09. The average molecular weight is 444 g/mol. The van der Waals surface area contributed by atoms with Gasteiger partial charge >= 0.3 is 0 Å². The Labute approximate surface area is 191 Å². The Hall–Kier alpha value is -3.25. The molecule has 1 unspecified atom stereocenters. The minimum atomic E-state index is -0.0328. The van der Waals surface area contributed by atoms with Crippen LogP contribution in [0, 0.1) is 5.92 Å². The van der Waals surface area contributed by atoms with Crippen LogP contribution < -0.4 is 10.1 Å². The second-order valence-corrected chi connectivity index (χ2v) is 9.12. The van der Waals surface area contributed by atoms with Gasteiger partial charge in [0, 0.05) is 28.6 Å². The Balaban J connectivity index is 1.22. The summed E-state index contributed by atoms with van der Waals surface area (Å²) in [4.78, 5) is 18.7. The third kappa shape index (κ3) is 4.65. The summed E-state index contributed by atoms with van der Waals surface area (Å²) >= 11 is 1.72. The van der Waals surface area contributed by atoms with E-state index in [4.69, 9.17) is 4.74 Å². The number of pyridine rings is 1. The van der Waals surface area contributed by atoms with Crippen LogP contribution >= 0.6 is 11.8 Å². The molecule has 6 heteroatoms. The van der Waals surface area contributed by atoms with E-state index >= 15 is 0 Å². The van der Waals surface area contributed by atoms with Gasteiger partial charge in [-0.05, 0) is 72.9 Å². The van der Waals surface area contributed by atoms with Crippen LogP contribution in [0.5, 0.6) is 5.75 Å². The molecule has 0 spiro atoms. The summed E-state index contributed by atoms with van der Waals surface area (Å²) in [7, 11) is 1.66.